The molecule has 2 fully saturated rings. The van der Waals surface area contributed by atoms with Crippen molar-refractivity contribution in [3.8, 4) is 0 Å². The normalized spacial score (nSPS) is 24.8. The quantitative estimate of drug-likeness (QED) is 0.817. The van der Waals surface area contributed by atoms with Crippen LogP contribution >= 0.6 is 0 Å². The van der Waals surface area contributed by atoms with Crippen LogP contribution in [0, 0.1) is 0 Å². The fourth-order valence-electron chi connectivity index (χ4n) is 2.20. The molecule has 2 N–H and O–H groups in total. The Morgan fingerprint density at radius 1 is 1.29 bits per heavy atom. The molecule has 17 heavy (non-hydrogen) atoms. The predicted octanol–water partition coefficient (Wildman–Crippen LogP) is 1.01. The summed E-state index contributed by atoms with van der Waals surface area (Å²) in [6.45, 7) is 1.65. The van der Waals surface area contributed by atoms with E-state index in [1.54, 1.807) is 6.33 Å². The molecule has 1 aromatic heterocycles. The van der Waals surface area contributed by atoms with Gasteiger partial charge in [0.2, 0.25) is 0 Å². The predicted molar refractivity (Wildman–Crippen MR) is 66.1 cm³/mol. The molecule has 1 aliphatic carbocycles. The van der Waals surface area contributed by atoms with E-state index in [4.69, 9.17) is 0 Å². The van der Waals surface area contributed by atoms with Gasteiger partial charge in [-0.05, 0) is 25.7 Å². The molecule has 0 spiro atoms. The van der Waals surface area contributed by atoms with Gasteiger partial charge in [0.1, 0.15) is 18.0 Å². The molecule has 0 bridgehead atoms. The number of nitrogens with one attached hydrogen (secondary N) is 1. The second-order valence-electron chi connectivity index (χ2n) is 4.92. The van der Waals surface area contributed by atoms with Crippen molar-refractivity contribution in [2.45, 2.75) is 37.8 Å². The molecule has 0 amide bonds. The van der Waals surface area contributed by atoms with Crippen molar-refractivity contribution >= 4 is 11.6 Å². The molecule has 2 heterocycles. The Hall–Kier alpha value is -1.36. The lowest BCUT2D eigenvalue weighted by Crippen LogP contribution is -2.38. The smallest absolute Gasteiger partial charge is 0.134 e. The molecule has 1 aliphatic heterocycles. The van der Waals surface area contributed by atoms with Crippen LogP contribution in [0.1, 0.15) is 25.7 Å². The number of nitrogens with zero attached hydrogens (tertiary/aromatic N) is 3. The zero-order valence-corrected chi connectivity index (χ0v) is 9.84. The van der Waals surface area contributed by atoms with E-state index in [-0.39, 0.29) is 6.10 Å². The maximum Gasteiger partial charge on any atom is 0.134 e. The summed E-state index contributed by atoms with van der Waals surface area (Å²) in [6.07, 6.45) is 5.77. The third kappa shape index (κ3) is 2.66. The van der Waals surface area contributed by atoms with Gasteiger partial charge in [0.15, 0.2) is 0 Å². The molecule has 92 valence electrons. The lowest BCUT2D eigenvalue weighted by Gasteiger charge is -2.31. The fraction of sp³-hybridized carbons (Fsp3) is 0.667. The highest BCUT2D eigenvalue weighted by Crippen LogP contribution is 2.25. The van der Waals surface area contributed by atoms with Crippen LogP contribution < -0.4 is 10.2 Å². The molecular weight excluding hydrogens is 216 g/mol. The summed E-state index contributed by atoms with van der Waals surface area (Å²) in [6, 6.07) is 2.58. The average Bonchev–Trinajstić information content (AvgIpc) is 3.13. The summed E-state index contributed by atoms with van der Waals surface area (Å²) in [7, 11) is 0. The third-order valence-electron chi connectivity index (χ3n) is 3.30. The highest BCUT2D eigenvalue weighted by Gasteiger charge is 2.22. The molecular formula is C12H18N4O. The first kappa shape index (κ1) is 10.8. The molecule has 0 aromatic carbocycles. The standard InChI is InChI=1S/C12H18N4O/c17-10-2-1-5-16(7-10)12-6-11(13-8-14-12)15-9-3-4-9/h6,8-10,17H,1-5,7H2,(H,13,14,15)/t10-/m0/s1. The van der Waals surface area contributed by atoms with Crippen molar-refractivity contribution in [2.75, 3.05) is 23.3 Å². The van der Waals surface area contributed by atoms with Crippen LogP contribution in [-0.2, 0) is 0 Å². The summed E-state index contributed by atoms with van der Waals surface area (Å²) < 4.78 is 0. The van der Waals surface area contributed by atoms with E-state index in [9.17, 15) is 5.11 Å². The molecule has 1 saturated carbocycles. The van der Waals surface area contributed by atoms with Gasteiger partial charge in [-0.1, -0.05) is 0 Å². The summed E-state index contributed by atoms with van der Waals surface area (Å²) in [5.74, 6) is 1.82. The van der Waals surface area contributed by atoms with Crippen molar-refractivity contribution in [2.24, 2.45) is 0 Å². The van der Waals surface area contributed by atoms with Crippen molar-refractivity contribution < 1.29 is 5.11 Å². The van der Waals surface area contributed by atoms with Crippen LogP contribution in [0.2, 0.25) is 0 Å². The van der Waals surface area contributed by atoms with E-state index in [0.717, 1.165) is 31.0 Å². The van der Waals surface area contributed by atoms with Gasteiger partial charge in [0.05, 0.1) is 6.10 Å². The number of rotatable bonds is 3. The molecule has 5 heteroatoms. The summed E-state index contributed by atoms with van der Waals surface area (Å²) in [5.41, 5.74) is 0. The van der Waals surface area contributed by atoms with Crippen molar-refractivity contribution in [1.82, 2.24) is 9.97 Å². The van der Waals surface area contributed by atoms with E-state index < -0.39 is 0 Å². The largest absolute Gasteiger partial charge is 0.391 e. The first-order valence-corrected chi connectivity index (χ1v) is 6.33. The molecule has 1 aromatic rings. The second-order valence-corrected chi connectivity index (χ2v) is 4.92. The van der Waals surface area contributed by atoms with Gasteiger partial charge >= 0.3 is 0 Å². The Kier molecular flexibility index (Phi) is 2.84. The van der Waals surface area contributed by atoms with Gasteiger partial charge in [-0.15, -0.1) is 0 Å². The Labute approximate surface area is 101 Å². The Morgan fingerprint density at radius 3 is 2.94 bits per heavy atom. The summed E-state index contributed by atoms with van der Waals surface area (Å²) >= 11 is 0. The number of hydrogen-bond acceptors (Lipinski definition) is 5. The Bertz CT molecular complexity index is 394. The van der Waals surface area contributed by atoms with E-state index in [1.807, 2.05) is 6.07 Å². The molecule has 0 unspecified atom stereocenters. The number of aliphatic hydroxyl groups is 1. The van der Waals surface area contributed by atoms with E-state index >= 15 is 0 Å². The van der Waals surface area contributed by atoms with Gasteiger partial charge in [0.25, 0.3) is 0 Å². The maximum absolute atomic E-state index is 9.66. The Morgan fingerprint density at radius 2 is 2.18 bits per heavy atom. The molecule has 2 aliphatic rings. The number of aliphatic hydroxyl groups excluding tert-OH is 1. The van der Waals surface area contributed by atoms with Gasteiger partial charge in [-0.3, -0.25) is 0 Å². The molecule has 1 atom stereocenters. The van der Waals surface area contributed by atoms with Crippen LogP contribution in [-0.4, -0.2) is 40.3 Å². The van der Waals surface area contributed by atoms with Crippen molar-refractivity contribution in [3.05, 3.63) is 12.4 Å². The maximum atomic E-state index is 9.66. The van der Waals surface area contributed by atoms with Gasteiger partial charge in [-0.2, -0.15) is 0 Å². The van der Waals surface area contributed by atoms with Crippen LogP contribution in [0.15, 0.2) is 12.4 Å². The van der Waals surface area contributed by atoms with Crippen LogP contribution in [0.4, 0.5) is 11.6 Å². The van der Waals surface area contributed by atoms with E-state index in [0.29, 0.717) is 12.6 Å². The first-order chi connectivity index (χ1) is 8.31. The van der Waals surface area contributed by atoms with E-state index in [1.165, 1.54) is 12.8 Å². The third-order valence-corrected chi connectivity index (χ3v) is 3.30. The van der Waals surface area contributed by atoms with Crippen LogP contribution in [0.5, 0.6) is 0 Å². The fourth-order valence-corrected chi connectivity index (χ4v) is 2.20. The van der Waals surface area contributed by atoms with Crippen LogP contribution in [0.25, 0.3) is 0 Å². The van der Waals surface area contributed by atoms with Crippen molar-refractivity contribution in [1.29, 1.82) is 0 Å². The molecule has 3 rings (SSSR count). The lowest BCUT2D eigenvalue weighted by molar-refractivity contribution is 0.154. The number of anilines is 2. The first-order valence-electron chi connectivity index (χ1n) is 6.33. The molecule has 1 saturated heterocycles. The SMILES string of the molecule is O[C@H]1CCCN(c2cc(NC3CC3)ncn2)C1. The topological polar surface area (TPSA) is 61.3 Å². The number of aromatic nitrogens is 2. The second kappa shape index (κ2) is 4.49. The van der Waals surface area contributed by atoms with Gasteiger partial charge in [-0.25, -0.2) is 9.97 Å². The highest BCUT2D eigenvalue weighted by atomic mass is 16.3. The highest BCUT2D eigenvalue weighted by molar-refractivity contribution is 5.49. The number of hydrogen-bond donors (Lipinski definition) is 2. The van der Waals surface area contributed by atoms with Gasteiger partial charge < -0.3 is 15.3 Å². The van der Waals surface area contributed by atoms with Gasteiger partial charge in [0, 0.05) is 25.2 Å². The average molecular weight is 234 g/mol. The number of β-amino-alcohol motifs (C(OH)–C–C–N with tert-alkyl or cyclic N) is 1. The summed E-state index contributed by atoms with van der Waals surface area (Å²) in [5, 5.41) is 13.0. The molecule has 5 nitrogen and oxygen atoms in total. The lowest BCUT2D eigenvalue weighted by atomic mass is 10.1. The Balaban J connectivity index is 1.72. The van der Waals surface area contributed by atoms with Crippen LogP contribution in [0.3, 0.4) is 0 Å². The van der Waals surface area contributed by atoms with Crippen molar-refractivity contribution in [3.63, 3.8) is 0 Å². The zero-order valence-electron chi connectivity index (χ0n) is 9.84. The monoisotopic (exact) mass is 234 g/mol. The summed E-state index contributed by atoms with van der Waals surface area (Å²) in [4.78, 5) is 10.6. The van der Waals surface area contributed by atoms with E-state index in [2.05, 4.69) is 20.2 Å². The minimum absolute atomic E-state index is 0.224. The number of piperidine rings is 1. The molecule has 0 radical (unpaired) electrons. The minimum atomic E-state index is -0.224. The minimum Gasteiger partial charge on any atom is -0.391 e. The zero-order chi connectivity index (χ0) is 11.7.